The van der Waals surface area contributed by atoms with Gasteiger partial charge in [-0.15, -0.1) is 0 Å². The molecular formula is C17H14O7. The molecule has 1 heterocycles. The Kier molecular flexibility index (Phi) is 3.69. The number of fused-ring (bicyclic) bond motifs is 1. The Bertz CT molecular complexity index is 971. The van der Waals surface area contributed by atoms with Crippen LogP contribution in [0.25, 0.3) is 22.1 Å². The van der Waals surface area contributed by atoms with E-state index in [1.54, 1.807) is 24.3 Å². The average molecular weight is 330 g/mol. The first-order valence-electron chi connectivity index (χ1n) is 6.91. The number of methoxy groups -OCH3 is 2. The van der Waals surface area contributed by atoms with Gasteiger partial charge in [0.25, 0.3) is 0 Å². The minimum absolute atomic E-state index is 0.00832. The summed E-state index contributed by atoms with van der Waals surface area (Å²) < 4.78 is 15.3. The van der Waals surface area contributed by atoms with Crippen LogP contribution in [-0.2, 0) is 0 Å². The third kappa shape index (κ3) is 2.26. The summed E-state index contributed by atoms with van der Waals surface area (Å²) in [7, 11) is 2.81. The molecule has 3 N–H and O–H groups in total. The second-order valence-corrected chi connectivity index (χ2v) is 4.99. The van der Waals surface area contributed by atoms with Gasteiger partial charge in [0, 0.05) is 6.07 Å². The maximum absolute atomic E-state index is 12.3. The van der Waals surface area contributed by atoms with E-state index in [0.29, 0.717) is 11.3 Å². The fourth-order valence-corrected chi connectivity index (χ4v) is 2.47. The number of ether oxygens (including phenoxy) is 2. The Labute approximate surface area is 135 Å². The van der Waals surface area contributed by atoms with Crippen LogP contribution in [0.15, 0.2) is 39.5 Å². The lowest BCUT2D eigenvalue weighted by Gasteiger charge is -2.11. The summed E-state index contributed by atoms with van der Waals surface area (Å²) in [4.78, 5) is 12.3. The molecule has 0 unspecified atom stereocenters. The summed E-state index contributed by atoms with van der Waals surface area (Å²) in [5, 5.41) is 30.1. The maximum atomic E-state index is 12.3. The topological polar surface area (TPSA) is 109 Å². The first kappa shape index (κ1) is 15.5. The standard InChI is InChI=1S/C17H14O7/c1-22-9-5-3-8(4-6-9)12-15(20)13-14(19)10(18)7-11(23-2)16(13)24-17(12)21/h3-7,18-20H,1-2H3. The van der Waals surface area contributed by atoms with Gasteiger partial charge in [-0.05, 0) is 17.7 Å². The summed E-state index contributed by atoms with van der Waals surface area (Å²) in [5.41, 5.74) is -0.750. The van der Waals surface area contributed by atoms with Crippen molar-refractivity contribution in [3.8, 4) is 39.9 Å². The summed E-state index contributed by atoms with van der Waals surface area (Å²) >= 11 is 0. The summed E-state index contributed by atoms with van der Waals surface area (Å²) in [6.07, 6.45) is 0. The van der Waals surface area contributed by atoms with Crippen molar-refractivity contribution in [1.29, 1.82) is 0 Å². The van der Waals surface area contributed by atoms with Gasteiger partial charge in [0.1, 0.15) is 22.4 Å². The molecule has 7 heteroatoms. The molecule has 7 nitrogen and oxygen atoms in total. The largest absolute Gasteiger partial charge is 0.506 e. The molecule has 0 saturated carbocycles. The highest BCUT2D eigenvalue weighted by Crippen LogP contribution is 2.46. The number of phenolic OH excluding ortho intramolecular Hbond substituents is 2. The van der Waals surface area contributed by atoms with Crippen LogP contribution >= 0.6 is 0 Å². The molecule has 24 heavy (non-hydrogen) atoms. The fourth-order valence-electron chi connectivity index (χ4n) is 2.47. The second kappa shape index (κ2) is 5.69. The highest BCUT2D eigenvalue weighted by molar-refractivity contribution is 5.99. The minimum Gasteiger partial charge on any atom is -0.506 e. The third-order valence-electron chi connectivity index (χ3n) is 3.67. The summed E-state index contributed by atoms with van der Waals surface area (Å²) in [6.45, 7) is 0. The van der Waals surface area contributed by atoms with E-state index in [1.165, 1.54) is 14.2 Å². The zero-order valence-electron chi connectivity index (χ0n) is 12.9. The molecule has 0 radical (unpaired) electrons. The summed E-state index contributed by atoms with van der Waals surface area (Å²) in [6, 6.07) is 7.44. The predicted molar refractivity (Wildman–Crippen MR) is 86.0 cm³/mol. The normalized spacial score (nSPS) is 10.8. The SMILES string of the molecule is COc1ccc(-c2c(O)c3c(O)c(O)cc(OC)c3oc2=O)cc1. The number of phenols is 2. The van der Waals surface area contributed by atoms with Gasteiger partial charge >= 0.3 is 5.63 Å². The van der Waals surface area contributed by atoms with E-state index in [-0.39, 0.29) is 22.3 Å². The zero-order chi connectivity index (χ0) is 17.4. The van der Waals surface area contributed by atoms with Crippen molar-refractivity contribution in [2.45, 2.75) is 0 Å². The summed E-state index contributed by atoms with van der Waals surface area (Å²) in [5.74, 6) is -1.05. The van der Waals surface area contributed by atoms with Crippen LogP contribution in [0.3, 0.4) is 0 Å². The van der Waals surface area contributed by atoms with Crippen molar-refractivity contribution < 1.29 is 29.2 Å². The highest BCUT2D eigenvalue weighted by Gasteiger charge is 2.23. The first-order valence-corrected chi connectivity index (χ1v) is 6.91. The van der Waals surface area contributed by atoms with Crippen LogP contribution in [0.5, 0.6) is 28.7 Å². The smallest absolute Gasteiger partial charge is 0.348 e. The molecule has 2 aromatic carbocycles. The van der Waals surface area contributed by atoms with Gasteiger partial charge in [-0.2, -0.15) is 0 Å². The third-order valence-corrected chi connectivity index (χ3v) is 3.67. The number of benzene rings is 2. The van der Waals surface area contributed by atoms with Crippen LogP contribution in [0, 0.1) is 0 Å². The molecule has 0 atom stereocenters. The molecule has 3 rings (SSSR count). The first-order chi connectivity index (χ1) is 11.5. The molecule has 0 saturated heterocycles. The van der Waals surface area contributed by atoms with Crippen molar-refractivity contribution in [1.82, 2.24) is 0 Å². The van der Waals surface area contributed by atoms with E-state index < -0.39 is 22.9 Å². The minimum atomic E-state index is -0.812. The molecule has 0 amide bonds. The number of aromatic hydroxyl groups is 3. The van der Waals surface area contributed by atoms with Crippen LogP contribution < -0.4 is 15.1 Å². The Balaban J connectivity index is 2.38. The monoisotopic (exact) mass is 330 g/mol. The van der Waals surface area contributed by atoms with Gasteiger partial charge < -0.3 is 29.2 Å². The van der Waals surface area contributed by atoms with E-state index in [4.69, 9.17) is 13.9 Å². The van der Waals surface area contributed by atoms with E-state index in [1.807, 2.05) is 0 Å². The number of hydrogen-bond acceptors (Lipinski definition) is 7. The Morgan fingerprint density at radius 3 is 2.21 bits per heavy atom. The molecular weight excluding hydrogens is 316 g/mol. The maximum Gasteiger partial charge on any atom is 0.348 e. The molecule has 0 aliphatic heterocycles. The van der Waals surface area contributed by atoms with Gasteiger partial charge in [0.15, 0.2) is 22.8 Å². The number of hydrogen-bond donors (Lipinski definition) is 3. The van der Waals surface area contributed by atoms with Crippen molar-refractivity contribution in [2.24, 2.45) is 0 Å². The van der Waals surface area contributed by atoms with Gasteiger partial charge in [-0.25, -0.2) is 4.79 Å². The van der Waals surface area contributed by atoms with Crippen LogP contribution in [0.2, 0.25) is 0 Å². The van der Waals surface area contributed by atoms with Crippen LogP contribution in [0.1, 0.15) is 0 Å². The van der Waals surface area contributed by atoms with Crippen LogP contribution in [0.4, 0.5) is 0 Å². The lowest BCUT2D eigenvalue weighted by atomic mass is 10.0. The van der Waals surface area contributed by atoms with Gasteiger partial charge in [0.2, 0.25) is 0 Å². The van der Waals surface area contributed by atoms with Gasteiger partial charge in [-0.1, -0.05) is 12.1 Å². The van der Waals surface area contributed by atoms with Crippen molar-refractivity contribution in [3.63, 3.8) is 0 Å². The predicted octanol–water partition coefficient (Wildman–Crippen LogP) is 2.59. The second-order valence-electron chi connectivity index (χ2n) is 4.99. The average Bonchev–Trinajstić information content (AvgIpc) is 2.58. The highest BCUT2D eigenvalue weighted by atomic mass is 16.5. The molecule has 124 valence electrons. The quantitative estimate of drug-likeness (QED) is 0.500. The van der Waals surface area contributed by atoms with E-state index in [0.717, 1.165) is 6.07 Å². The van der Waals surface area contributed by atoms with Gasteiger partial charge in [0.05, 0.1) is 14.2 Å². The van der Waals surface area contributed by atoms with Crippen molar-refractivity contribution in [3.05, 3.63) is 40.8 Å². The zero-order valence-corrected chi connectivity index (χ0v) is 12.9. The van der Waals surface area contributed by atoms with Crippen molar-refractivity contribution >= 4 is 11.0 Å². The van der Waals surface area contributed by atoms with Crippen LogP contribution in [-0.4, -0.2) is 29.5 Å². The Hall–Kier alpha value is -3.35. The molecule has 0 fully saturated rings. The van der Waals surface area contributed by atoms with Crippen molar-refractivity contribution in [2.75, 3.05) is 14.2 Å². The van der Waals surface area contributed by atoms with E-state index in [2.05, 4.69) is 0 Å². The molecule has 3 aromatic rings. The van der Waals surface area contributed by atoms with E-state index in [9.17, 15) is 20.1 Å². The molecule has 0 spiro atoms. The lowest BCUT2D eigenvalue weighted by Crippen LogP contribution is -2.04. The molecule has 0 aliphatic carbocycles. The Morgan fingerprint density at radius 1 is 0.958 bits per heavy atom. The fraction of sp³-hybridized carbons (Fsp3) is 0.118. The van der Waals surface area contributed by atoms with Gasteiger partial charge in [-0.3, -0.25) is 0 Å². The molecule has 0 bridgehead atoms. The number of rotatable bonds is 3. The van der Waals surface area contributed by atoms with E-state index >= 15 is 0 Å². The lowest BCUT2D eigenvalue weighted by molar-refractivity contribution is 0.381. The molecule has 1 aromatic heterocycles. The Morgan fingerprint density at radius 2 is 1.62 bits per heavy atom. The molecule has 0 aliphatic rings.